The summed E-state index contributed by atoms with van der Waals surface area (Å²) in [7, 11) is 1.49. The van der Waals surface area contributed by atoms with E-state index in [1.807, 2.05) is 69.3 Å². The van der Waals surface area contributed by atoms with Gasteiger partial charge in [-0.15, -0.1) is 0 Å². The van der Waals surface area contributed by atoms with Crippen LogP contribution in [0.2, 0.25) is 0 Å². The van der Waals surface area contributed by atoms with Crippen molar-refractivity contribution in [3.63, 3.8) is 0 Å². The summed E-state index contributed by atoms with van der Waals surface area (Å²) >= 11 is 0. The third kappa shape index (κ3) is 4.86. The van der Waals surface area contributed by atoms with Crippen molar-refractivity contribution in [1.29, 1.82) is 0 Å². The van der Waals surface area contributed by atoms with Gasteiger partial charge in [0.15, 0.2) is 0 Å². The number of ether oxygens (including phenoxy) is 2. The summed E-state index contributed by atoms with van der Waals surface area (Å²) < 4.78 is 11.3. The van der Waals surface area contributed by atoms with Crippen molar-refractivity contribution in [3.8, 4) is 5.75 Å². The summed E-state index contributed by atoms with van der Waals surface area (Å²) in [6, 6.07) is 17.2. The van der Waals surface area contributed by atoms with E-state index in [2.05, 4.69) is 0 Å². The maximum absolute atomic E-state index is 11.7. The highest BCUT2D eigenvalue weighted by Gasteiger charge is 2.29. The lowest BCUT2D eigenvalue weighted by Crippen LogP contribution is -2.20. The van der Waals surface area contributed by atoms with Gasteiger partial charge < -0.3 is 14.6 Å². The minimum atomic E-state index is -0.986. The first-order valence-corrected chi connectivity index (χ1v) is 8.12. The van der Waals surface area contributed by atoms with E-state index in [1.165, 1.54) is 7.11 Å². The molecule has 0 fully saturated rings. The normalized spacial score (nSPS) is 12.3. The zero-order valence-electron chi connectivity index (χ0n) is 15.1. The number of aliphatic carboxylic acids is 1. The molecule has 0 atom stereocenters. The molecule has 0 unspecified atom stereocenters. The van der Waals surface area contributed by atoms with Gasteiger partial charge in [0.05, 0.1) is 12.7 Å². The van der Waals surface area contributed by atoms with Crippen LogP contribution in [0.3, 0.4) is 0 Å². The fourth-order valence-corrected chi connectivity index (χ4v) is 2.59. The number of carboxylic acids is 1. The third-order valence-electron chi connectivity index (χ3n) is 3.74. The highest BCUT2D eigenvalue weighted by atomic mass is 16.5. The molecular formula is C21H24O4. The Balaban J connectivity index is 2.33. The van der Waals surface area contributed by atoms with E-state index in [1.54, 1.807) is 6.07 Å². The van der Waals surface area contributed by atoms with E-state index in [4.69, 9.17) is 9.47 Å². The molecular weight excluding hydrogens is 316 g/mol. The smallest absolute Gasteiger partial charge is 0.335 e. The van der Waals surface area contributed by atoms with Gasteiger partial charge in [-0.3, -0.25) is 0 Å². The molecule has 0 amide bonds. The second kappa shape index (κ2) is 7.88. The fourth-order valence-electron chi connectivity index (χ4n) is 2.59. The van der Waals surface area contributed by atoms with Crippen molar-refractivity contribution in [3.05, 3.63) is 71.3 Å². The summed E-state index contributed by atoms with van der Waals surface area (Å²) in [6.07, 6.45) is 0. The van der Waals surface area contributed by atoms with Crippen LogP contribution in [0.1, 0.15) is 31.9 Å². The summed E-state index contributed by atoms with van der Waals surface area (Å²) in [5.74, 6) is 0.0275. The minimum Gasteiger partial charge on any atom is -0.496 e. The van der Waals surface area contributed by atoms with E-state index < -0.39 is 11.4 Å². The number of methoxy groups -OCH3 is 1. The maximum atomic E-state index is 11.7. The second-order valence-electron chi connectivity index (χ2n) is 6.77. The lowest BCUT2D eigenvalue weighted by Gasteiger charge is -2.23. The van der Waals surface area contributed by atoms with E-state index in [0.29, 0.717) is 23.7 Å². The molecule has 4 nitrogen and oxygen atoms in total. The van der Waals surface area contributed by atoms with Crippen LogP contribution in [0.4, 0.5) is 0 Å². The van der Waals surface area contributed by atoms with Crippen LogP contribution >= 0.6 is 0 Å². The van der Waals surface area contributed by atoms with Crippen LogP contribution in [0.25, 0.3) is 5.76 Å². The molecule has 0 spiro atoms. The summed E-state index contributed by atoms with van der Waals surface area (Å²) in [5, 5.41) is 9.62. The van der Waals surface area contributed by atoms with Crippen molar-refractivity contribution in [2.45, 2.75) is 27.4 Å². The topological polar surface area (TPSA) is 55.8 Å². The van der Waals surface area contributed by atoms with Gasteiger partial charge in [0.25, 0.3) is 0 Å². The number of carbonyl (C=O) groups is 1. The highest BCUT2D eigenvalue weighted by Crippen LogP contribution is 2.34. The number of carboxylic acid groups (broad SMARTS) is 1. The van der Waals surface area contributed by atoms with Gasteiger partial charge in [-0.25, -0.2) is 4.79 Å². The van der Waals surface area contributed by atoms with Crippen LogP contribution < -0.4 is 4.74 Å². The van der Waals surface area contributed by atoms with Gasteiger partial charge >= 0.3 is 5.97 Å². The molecule has 0 aromatic heterocycles. The van der Waals surface area contributed by atoms with Crippen LogP contribution in [0.5, 0.6) is 5.75 Å². The Morgan fingerprint density at radius 2 is 1.72 bits per heavy atom. The van der Waals surface area contributed by atoms with E-state index in [9.17, 15) is 9.90 Å². The fraction of sp³-hybridized carbons (Fsp3) is 0.286. The number of benzene rings is 2. The molecule has 132 valence electrons. The first kappa shape index (κ1) is 18.6. The first-order valence-electron chi connectivity index (χ1n) is 8.12. The Labute approximate surface area is 148 Å². The molecule has 0 radical (unpaired) electrons. The van der Waals surface area contributed by atoms with Crippen LogP contribution in [0.15, 0.2) is 60.2 Å². The molecule has 25 heavy (non-hydrogen) atoms. The molecule has 0 aliphatic carbocycles. The van der Waals surface area contributed by atoms with Gasteiger partial charge in [-0.1, -0.05) is 63.2 Å². The standard InChI is InChI=1S/C21H24O4/c1-21(2,3)18(20(22)23)19(24-4)16-11-8-12-17(13-16)25-14-15-9-6-5-7-10-15/h5-13H,14H2,1-4H3,(H,22,23). The van der Waals surface area contributed by atoms with Crippen LogP contribution in [0, 0.1) is 5.41 Å². The third-order valence-corrected chi connectivity index (χ3v) is 3.74. The molecule has 0 heterocycles. The van der Waals surface area contributed by atoms with Crippen molar-refractivity contribution < 1.29 is 19.4 Å². The van der Waals surface area contributed by atoms with E-state index in [0.717, 1.165) is 5.56 Å². The quantitative estimate of drug-likeness (QED) is 0.609. The Morgan fingerprint density at radius 3 is 2.28 bits per heavy atom. The van der Waals surface area contributed by atoms with Gasteiger partial charge in [0, 0.05) is 5.56 Å². The minimum absolute atomic E-state index is 0.232. The largest absolute Gasteiger partial charge is 0.496 e. The van der Waals surface area contributed by atoms with Gasteiger partial charge in [-0.2, -0.15) is 0 Å². The SMILES string of the molecule is COC(=C(C(=O)O)C(C)(C)C)c1cccc(OCc2ccccc2)c1. The summed E-state index contributed by atoms with van der Waals surface area (Å²) in [4.78, 5) is 11.7. The van der Waals surface area contributed by atoms with Crippen molar-refractivity contribution in [2.24, 2.45) is 5.41 Å². The van der Waals surface area contributed by atoms with Crippen molar-refractivity contribution in [2.75, 3.05) is 7.11 Å². The average Bonchev–Trinajstić information content (AvgIpc) is 2.57. The molecule has 0 saturated heterocycles. The van der Waals surface area contributed by atoms with Gasteiger partial charge in [0.1, 0.15) is 18.1 Å². The highest BCUT2D eigenvalue weighted by molar-refractivity contribution is 5.96. The lowest BCUT2D eigenvalue weighted by molar-refractivity contribution is -0.133. The van der Waals surface area contributed by atoms with Crippen LogP contribution in [-0.4, -0.2) is 18.2 Å². The molecule has 2 aromatic carbocycles. The number of rotatable bonds is 6. The number of hydrogen-bond acceptors (Lipinski definition) is 3. The molecule has 0 aliphatic heterocycles. The molecule has 4 heteroatoms. The van der Waals surface area contributed by atoms with E-state index >= 15 is 0 Å². The van der Waals surface area contributed by atoms with E-state index in [-0.39, 0.29) is 5.57 Å². The zero-order chi connectivity index (χ0) is 18.4. The van der Waals surface area contributed by atoms with Crippen molar-refractivity contribution in [1.82, 2.24) is 0 Å². The molecule has 2 aromatic rings. The molecule has 2 rings (SSSR count). The predicted octanol–water partition coefficient (Wildman–Crippen LogP) is 4.75. The lowest BCUT2D eigenvalue weighted by atomic mass is 9.84. The average molecular weight is 340 g/mol. The summed E-state index contributed by atoms with van der Waals surface area (Å²) in [5.41, 5.74) is 1.42. The predicted molar refractivity (Wildman–Crippen MR) is 98.2 cm³/mol. The molecule has 0 saturated carbocycles. The molecule has 0 aliphatic rings. The zero-order valence-corrected chi connectivity index (χ0v) is 15.1. The Kier molecular flexibility index (Phi) is 5.86. The molecule has 1 N–H and O–H groups in total. The molecule has 0 bridgehead atoms. The number of hydrogen-bond donors (Lipinski definition) is 1. The Morgan fingerprint density at radius 1 is 1.04 bits per heavy atom. The maximum Gasteiger partial charge on any atom is 0.335 e. The van der Waals surface area contributed by atoms with Gasteiger partial charge in [0.2, 0.25) is 0 Å². The second-order valence-corrected chi connectivity index (χ2v) is 6.77. The summed E-state index contributed by atoms with van der Waals surface area (Å²) in [6.45, 7) is 6.00. The monoisotopic (exact) mass is 340 g/mol. The Hall–Kier alpha value is -2.75. The first-order chi connectivity index (χ1) is 11.8. The van der Waals surface area contributed by atoms with Crippen molar-refractivity contribution >= 4 is 11.7 Å². The van der Waals surface area contributed by atoms with Crippen LogP contribution in [-0.2, 0) is 16.1 Å². The Bertz CT molecular complexity index is 755. The van der Waals surface area contributed by atoms with Gasteiger partial charge in [-0.05, 0) is 23.1 Å².